The van der Waals surface area contributed by atoms with Gasteiger partial charge in [-0.05, 0) is 25.1 Å². The van der Waals surface area contributed by atoms with E-state index in [0.29, 0.717) is 23.4 Å². The third-order valence-electron chi connectivity index (χ3n) is 2.05. The predicted octanol–water partition coefficient (Wildman–Crippen LogP) is 0.672. The highest BCUT2D eigenvalue weighted by atomic mass is 16.5. The standard InChI is InChI=1S/C13H14N2O3/c1-2-18-13(17)10-6-7-11(14)9(8-10)4-3-5-12(15)16/h6-8H,2,5,14H2,1H3,(H2,15,16). The zero-order valence-corrected chi connectivity index (χ0v) is 10.0. The van der Waals surface area contributed by atoms with Gasteiger partial charge in [0.05, 0.1) is 18.6 Å². The van der Waals surface area contributed by atoms with Crippen molar-refractivity contribution in [3.05, 3.63) is 29.3 Å². The summed E-state index contributed by atoms with van der Waals surface area (Å²) in [6.07, 6.45) is -0.0525. The fourth-order valence-electron chi connectivity index (χ4n) is 1.23. The number of carbonyl (C=O) groups is 2. The van der Waals surface area contributed by atoms with Crippen molar-refractivity contribution in [2.24, 2.45) is 5.73 Å². The zero-order valence-electron chi connectivity index (χ0n) is 10.0. The minimum absolute atomic E-state index is 0.0525. The monoisotopic (exact) mass is 246 g/mol. The number of hydrogen-bond acceptors (Lipinski definition) is 4. The number of hydrogen-bond donors (Lipinski definition) is 2. The van der Waals surface area contributed by atoms with E-state index in [0.717, 1.165) is 0 Å². The molecular formula is C13H14N2O3. The molecular weight excluding hydrogens is 232 g/mol. The van der Waals surface area contributed by atoms with Gasteiger partial charge in [0.15, 0.2) is 0 Å². The summed E-state index contributed by atoms with van der Waals surface area (Å²) in [6.45, 7) is 2.02. The number of primary amides is 1. The quantitative estimate of drug-likeness (QED) is 0.465. The van der Waals surface area contributed by atoms with Gasteiger partial charge in [-0.3, -0.25) is 4.79 Å². The molecule has 5 nitrogen and oxygen atoms in total. The van der Waals surface area contributed by atoms with Gasteiger partial charge in [0.25, 0.3) is 0 Å². The van der Waals surface area contributed by atoms with Crippen LogP contribution in [-0.2, 0) is 9.53 Å². The van der Waals surface area contributed by atoms with Crippen molar-refractivity contribution in [3.8, 4) is 11.8 Å². The third-order valence-corrected chi connectivity index (χ3v) is 2.05. The highest BCUT2D eigenvalue weighted by molar-refractivity contribution is 5.90. The first-order valence-electron chi connectivity index (χ1n) is 5.38. The van der Waals surface area contributed by atoms with Crippen molar-refractivity contribution in [2.45, 2.75) is 13.3 Å². The van der Waals surface area contributed by atoms with E-state index in [2.05, 4.69) is 11.8 Å². The van der Waals surface area contributed by atoms with Gasteiger partial charge in [0.2, 0.25) is 5.91 Å². The molecule has 4 N–H and O–H groups in total. The molecule has 0 aliphatic rings. The number of esters is 1. The van der Waals surface area contributed by atoms with E-state index in [4.69, 9.17) is 16.2 Å². The Morgan fingerprint density at radius 1 is 1.39 bits per heavy atom. The molecule has 5 heteroatoms. The molecule has 0 radical (unpaired) electrons. The lowest BCUT2D eigenvalue weighted by molar-refractivity contribution is -0.117. The first kappa shape index (κ1) is 13.6. The predicted molar refractivity (Wildman–Crippen MR) is 67.5 cm³/mol. The molecule has 0 atom stereocenters. The molecule has 1 amide bonds. The fourth-order valence-corrected chi connectivity index (χ4v) is 1.23. The Balaban J connectivity index is 2.96. The summed E-state index contributed by atoms with van der Waals surface area (Å²) < 4.78 is 4.86. The van der Waals surface area contributed by atoms with Crippen LogP contribution >= 0.6 is 0 Å². The van der Waals surface area contributed by atoms with E-state index in [1.165, 1.54) is 6.07 Å². The maximum absolute atomic E-state index is 11.5. The highest BCUT2D eigenvalue weighted by Crippen LogP contribution is 2.14. The molecule has 1 aromatic rings. The molecule has 0 heterocycles. The van der Waals surface area contributed by atoms with Gasteiger partial charge >= 0.3 is 5.97 Å². The lowest BCUT2D eigenvalue weighted by atomic mass is 10.1. The van der Waals surface area contributed by atoms with Crippen LogP contribution in [0.4, 0.5) is 5.69 Å². The number of amides is 1. The molecule has 0 fully saturated rings. The van der Waals surface area contributed by atoms with Crippen molar-refractivity contribution < 1.29 is 14.3 Å². The summed E-state index contributed by atoms with van der Waals surface area (Å²) in [5.74, 6) is 4.34. The van der Waals surface area contributed by atoms with Crippen LogP contribution in [0.3, 0.4) is 0 Å². The average Bonchev–Trinajstić information content (AvgIpc) is 2.31. The van der Waals surface area contributed by atoms with Gasteiger partial charge in [-0.1, -0.05) is 11.8 Å². The van der Waals surface area contributed by atoms with E-state index in [1.807, 2.05) is 0 Å². The van der Waals surface area contributed by atoms with E-state index in [1.54, 1.807) is 19.1 Å². The number of anilines is 1. The summed E-state index contributed by atoms with van der Waals surface area (Å²) in [5, 5.41) is 0. The first-order valence-corrected chi connectivity index (χ1v) is 5.38. The third kappa shape index (κ3) is 3.83. The van der Waals surface area contributed by atoms with Crippen LogP contribution in [0.1, 0.15) is 29.3 Å². The molecule has 1 aromatic carbocycles. The van der Waals surface area contributed by atoms with Crippen molar-refractivity contribution in [2.75, 3.05) is 12.3 Å². The van der Waals surface area contributed by atoms with Crippen LogP contribution in [0.15, 0.2) is 18.2 Å². The van der Waals surface area contributed by atoms with Gasteiger partial charge in [-0.15, -0.1) is 0 Å². The Hall–Kier alpha value is -2.48. The van der Waals surface area contributed by atoms with Gasteiger partial charge in [-0.2, -0.15) is 0 Å². The van der Waals surface area contributed by atoms with Crippen LogP contribution in [-0.4, -0.2) is 18.5 Å². The second kappa shape index (κ2) is 6.30. The SMILES string of the molecule is CCOC(=O)c1ccc(N)c(C#CCC(N)=O)c1. The van der Waals surface area contributed by atoms with Gasteiger partial charge in [0.1, 0.15) is 0 Å². The van der Waals surface area contributed by atoms with Crippen LogP contribution in [0.5, 0.6) is 0 Å². The molecule has 94 valence electrons. The molecule has 0 bridgehead atoms. The van der Waals surface area contributed by atoms with Crippen molar-refractivity contribution in [3.63, 3.8) is 0 Å². The summed E-state index contributed by atoms with van der Waals surface area (Å²) in [7, 11) is 0. The van der Waals surface area contributed by atoms with E-state index in [9.17, 15) is 9.59 Å². The number of nitrogens with two attached hydrogens (primary N) is 2. The lowest BCUT2D eigenvalue weighted by Crippen LogP contribution is -2.08. The number of ether oxygens (including phenoxy) is 1. The number of rotatable bonds is 3. The maximum Gasteiger partial charge on any atom is 0.338 e. The Morgan fingerprint density at radius 3 is 2.72 bits per heavy atom. The maximum atomic E-state index is 11.5. The summed E-state index contributed by atoms with van der Waals surface area (Å²) in [4.78, 5) is 22.1. The normalized spacial score (nSPS) is 9.17. The molecule has 0 saturated heterocycles. The lowest BCUT2D eigenvalue weighted by Gasteiger charge is -2.03. The molecule has 0 unspecified atom stereocenters. The van der Waals surface area contributed by atoms with E-state index < -0.39 is 11.9 Å². The summed E-state index contributed by atoms with van der Waals surface area (Å²) in [6, 6.07) is 4.66. The second-order valence-electron chi connectivity index (χ2n) is 3.47. The van der Waals surface area contributed by atoms with E-state index in [-0.39, 0.29) is 6.42 Å². The minimum Gasteiger partial charge on any atom is -0.462 e. The molecule has 1 rings (SSSR count). The van der Waals surface area contributed by atoms with Crippen LogP contribution in [0, 0.1) is 11.8 Å². The molecule has 0 spiro atoms. The van der Waals surface area contributed by atoms with Crippen molar-refractivity contribution in [1.29, 1.82) is 0 Å². The molecule has 0 aromatic heterocycles. The minimum atomic E-state index is -0.511. The Kier molecular flexibility index (Phi) is 4.76. The Bertz CT molecular complexity index is 527. The summed E-state index contributed by atoms with van der Waals surface area (Å²) >= 11 is 0. The first-order chi connectivity index (χ1) is 8.54. The summed E-state index contributed by atoms with van der Waals surface area (Å²) in [5.41, 5.74) is 11.9. The fraction of sp³-hybridized carbons (Fsp3) is 0.231. The van der Waals surface area contributed by atoms with Crippen LogP contribution < -0.4 is 11.5 Å². The van der Waals surface area contributed by atoms with Crippen molar-refractivity contribution in [1.82, 2.24) is 0 Å². The highest BCUT2D eigenvalue weighted by Gasteiger charge is 2.07. The number of benzene rings is 1. The average molecular weight is 246 g/mol. The van der Waals surface area contributed by atoms with E-state index >= 15 is 0 Å². The molecule has 0 saturated carbocycles. The Labute approximate surface area is 105 Å². The van der Waals surface area contributed by atoms with Gasteiger partial charge in [-0.25, -0.2) is 4.79 Å². The molecule has 18 heavy (non-hydrogen) atoms. The number of nitrogen functional groups attached to an aromatic ring is 1. The topological polar surface area (TPSA) is 95.4 Å². The van der Waals surface area contributed by atoms with Gasteiger partial charge in [0, 0.05) is 11.3 Å². The molecule has 0 aliphatic heterocycles. The van der Waals surface area contributed by atoms with Crippen LogP contribution in [0.25, 0.3) is 0 Å². The Morgan fingerprint density at radius 2 is 2.11 bits per heavy atom. The van der Waals surface area contributed by atoms with Crippen LogP contribution in [0.2, 0.25) is 0 Å². The zero-order chi connectivity index (χ0) is 13.5. The van der Waals surface area contributed by atoms with Gasteiger partial charge < -0.3 is 16.2 Å². The molecule has 0 aliphatic carbocycles. The second-order valence-corrected chi connectivity index (χ2v) is 3.47. The largest absolute Gasteiger partial charge is 0.462 e. The smallest absolute Gasteiger partial charge is 0.338 e. The van der Waals surface area contributed by atoms with Crippen molar-refractivity contribution >= 4 is 17.6 Å². The number of carbonyl (C=O) groups excluding carboxylic acids is 2.